The molecule has 1 aliphatic heterocycles. The molecule has 0 atom stereocenters. The first-order valence-corrected chi connectivity index (χ1v) is 3.91. The van der Waals surface area contributed by atoms with E-state index in [1.54, 1.807) is 0 Å². The first-order chi connectivity index (χ1) is 6.65. The van der Waals surface area contributed by atoms with Gasteiger partial charge in [-0.25, -0.2) is 0 Å². The maximum absolute atomic E-state index is 11.0. The van der Waals surface area contributed by atoms with Gasteiger partial charge in [0.2, 0.25) is 12.3 Å². The molecule has 0 aromatic heterocycles. The van der Waals surface area contributed by atoms with E-state index < -0.39 is 17.7 Å². The zero-order valence-corrected chi connectivity index (χ0v) is 7.23. The number of nitrogens with one attached hydrogen (secondary N) is 1. The van der Waals surface area contributed by atoms with Crippen molar-refractivity contribution in [2.45, 2.75) is 6.42 Å². The Bertz CT molecular complexity index is 303. The highest BCUT2D eigenvalue weighted by molar-refractivity contribution is 6.13. The van der Waals surface area contributed by atoms with Crippen molar-refractivity contribution in [3.63, 3.8) is 0 Å². The van der Waals surface area contributed by atoms with Crippen molar-refractivity contribution in [1.82, 2.24) is 10.2 Å². The van der Waals surface area contributed by atoms with Crippen LogP contribution in [0.5, 0.6) is 0 Å². The van der Waals surface area contributed by atoms with Gasteiger partial charge in [0.25, 0.3) is 11.8 Å². The van der Waals surface area contributed by atoms with Crippen LogP contribution in [-0.2, 0) is 19.2 Å². The number of carbonyl (C=O) groups excluding carboxylic acids is 4. The monoisotopic (exact) mass is 196 g/mol. The normalized spacial score (nSPS) is 14.7. The Labute approximate surface area is 79.6 Å². The molecule has 1 aliphatic rings. The summed E-state index contributed by atoms with van der Waals surface area (Å²) in [5.74, 6) is -1.39. The fraction of sp³-hybridized carbons (Fsp3) is 0.250. The number of rotatable bonds is 4. The molecule has 4 amide bonds. The number of hydrogen-bond donors (Lipinski definition) is 1. The van der Waals surface area contributed by atoms with Gasteiger partial charge in [0.05, 0.1) is 0 Å². The smallest absolute Gasteiger partial charge is 0.253 e. The average molecular weight is 196 g/mol. The lowest BCUT2D eigenvalue weighted by Gasteiger charge is -2.11. The molecule has 0 radical (unpaired) electrons. The van der Waals surface area contributed by atoms with Crippen molar-refractivity contribution < 1.29 is 19.2 Å². The first kappa shape index (κ1) is 10.1. The summed E-state index contributed by atoms with van der Waals surface area (Å²) in [5, 5.41) is 1.91. The molecular weight excluding hydrogens is 188 g/mol. The third-order valence-corrected chi connectivity index (χ3v) is 1.68. The second-order valence-electron chi connectivity index (χ2n) is 2.60. The van der Waals surface area contributed by atoms with Crippen molar-refractivity contribution in [3.8, 4) is 0 Å². The van der Waals surface area contributed by atoms with Crippen molar-refractivity contribution >= 4 is 24.1 Å². The minimum absolute atomic E-state index is 0.00958. The molecule has 0 unspecified atom stereocenters. The molecule has 0 saturated carbocycles. The van der Waals surface area contributed by atoms with E-state index in [-0.39, 0.29) is 19.4 Å². The van der Waals surface area contributed by atoms with Gasteiger partial charge in [-0.3, -0.25) is 29.4 Å². The summed E-state index contributed by atoms with van der Waals surface area (Å²) in [4.78, 5) is 43.5. The lowest BCUT2D eigenvalue weighted by Crippen LogP contribution is -2.34. The molecule has 6 heteroatoms. The number of imide groups is 2. The summed E-state index contributed by atoms with van der Waals surface area (Å²) >= 11 is 0. The summed E-state index contributed by atoms with van der Waals surface area (Å²) in [6.07, 6.45) is 2.46. The van der Waals surface area contributed by atoms with Gasteiger partial charge in [-0.1, -0.05) is 0 Å². The largest absolute Gasteiger partial charge is 0.299 e. The highest BCUT2D eigenvalue weighted by Gasteiger charge is 2.23. The summed E-state index contributed by atoms with van der Waals surface area (Å²) < 4.78 is 0. The predicted octanol–water partition coefficient (Wildman–Crippen LogP) is -1.43. The van der Waals surface area contributed by atoms with Crippen LogP contribution < -0.4 is 5.32 Å². The molecule has 1 N–H and O–H groups in total. The Morgan fingerprint density at radius 2 is 1.93 bits per heavy atom. The van der Waals surface area contributed by atoms with Crippen LogP contribution in [0.3, 0.4) is 0 Å². The molecule has 74 valence electrons. The molecule has 6 nitrogen and oxygen atoms in total. The van der Waals surface area contributed by atoms with E-state index in [0.717, 1.165) is 17.1 Å². The Morgan fingerprint density at radius 1 is 1.36 bits per heavy atom. The minimum atomic E-state index is -0.521. The Balaban J connectivity index is 2.39. The molecule has 0 bridgehead atoms. The van der Waals surface area contributed by atoms with Gasteiger partial charge in [-0.05, 0) is 0 Å². The van der Waals surface area contributed by atoms with Gasteiger partial charge in [0.15, 0.2) is 0 Å². The average Bonchev–Trinajstić information content (AvgIpc) is 2.44. The summed E-state index contributed by atoms with van der Waals surface area (Å²) in [5.41, 5.74) is 0. The van der Waals surface area contributed by atoms with Gasteiger partial charge >= 0.3 is 0 Å². The maximum atomic E-state index is 11.0. The summed E-state index contributed by atoms with van der Waals surface area (Å²) in [6.45, 7) is -0.00958. The van der Waals surface area contributed by atoms with Gasteiger partial charge < -0.3 is 0 Å². The zero-order chi connectivity index (χ0) is 10.6. The standard InChI is InChI=1S/C8H8N2O4/c11-5-9-6(12)3-4-10-7(13)1-2-8(10)14/h1-2,5H,3-4H2,(H,9,11,12). The third-order valence-electron chi connectivity index (χ3n) is 1.68. The molecule has 14 heavy (non-hydrogen) atoms. The fourth-order valence-corrected chi connectivity index (χ4v) is 1.00. The molecule has 0 aliphatic carbocycles. The number of nitrogens with zero attached hydrogens (tertiary/aromatic N) is 1. The van der Waals surface area contributed by atoms with Gasteiger partial charge in [-0.15, -0.1) is 0 Å². The van der Waals surface area contributed by atoms with Crippen molar-refractivity contribution in [3.05, 3.63) is 12.2 Å². The Kier molecular flexibility index (Phi) is 3.11. The molecule has 0 fully saturated rings. The van der Waals surface area contributed by atoms with Crippen LogP contribution in [0.2, 0.25) is 0 Å². The third kappa shape index (κ3) is 2.25. The molecule has 1 heterocycles. The van der Waals surface area contributed by atoms with E-state index in [1.165, 1.54) is 0 Å². The predicted molar refractivity (Wildman–Crippen MR) is 44.7 cm³/mol. The highest BCUT2D eigenvalue weighted by atomic mass is 16.2. The molecule has 0 aromatic rings. The van der Waals surface area contributed by atoms with E-state index >= 15 is 0 Å². The number of hydrogen-bond acceptors (Lipinski definition) is 4. The van der Waals surface area contributed by atoms with Crippen LogP contribution in [-0.4, -0.2) is 35.6 Å². The Morgan fingerprint density at radius 3 is 2.43 bits per heavy atom. The topological polar surface area (TPSA) is 83.6 Å². The molecule has 0 saturated heterocycles. The van der Waals surface area contributed by atoms with E-state index in [4.69, 9.17) is 0 Å². The summed E-state index contributed by atoms with van der Waals surface area (Å²) in [7, 11) is 0. The minimum Gasteiger partial charge on any atom is -0.299 e. The lowest BCUT2D eigenvalue weighted by molar-refractivity contribution is -0.137. The van der Waals surface area contributed by atoms with Crippen LogP contribution in [0.4, 0.5) is 0 Å². The second-order valence-corrected chi connectivity index (χ2v) is 2.60. The molecule has 0 spiro atoms. The maximum Gasteiger partial charge on any atom is 0.253 e. The SMILES string of the molecule is O=CNC(=O)CCN1C(=O)C=CC1=O. The van der Waals surface area contributed by atoms with Crippen LogP contribution in [0.1, 0.15) is 6.42 Å². The number of amides is 4. The van der Waals surface area contributed by atoms with Crippen LogP contribution >= 0.6 is 0 Å². The lowest BCUT2D eigenvalue weighted by atomic mass is 10.3. The quantitative estimate of drug-likeness (QED) is 0.441. The van der Waals surface area contributed by atoms with Crippen molar-refractivity contribution in [2.75, 3.05) is 6.54 Å². The zero-order valence-electron chi connectivity index (χ0n) is 7.23. The van der Waals surface area contributed by atoms with E-state index in [1.807, 2.05) is 5.32 Å². The second kappa shape index (κ2) is 4.31. The number of carbonyl (C=O) groups is 4. The Hall–Kier alpha value is -1.98. The van der Waals surface area contributed by atoms with Crippen LogP contribution in [0.25, 0.3) is 0 Å². The highest BCUT2D eigenvalue weighted by Crippen LogP contribution is 2.03. The van der Waals surface area contributed by atoms with Crippen LogP contribution in [0, 0.1) is 0 Å². The summed E-state index contributed by atoms with van der Waals surface area (Å²) in [6, 6.07) is 0. The molecule has 1 rings (SSSR count). The van der Waals surface area contributed by atoms with Crippen LogP contribution in [0.15, 0.2) is 12.2 Å². The first-order valence-electron chi connectivity index (χ1n) is 3.91. The molecular formula is C8H8N2O4. The van der Waals surface area contributed by atoms with Gasteiger partial charge in [0, 0.05) is 25.1 Å². The van der Waals surface area contributed by atoms with Gasteiger partial charge in [0.1, 0.15) is 0 Å². The van der Waals surface area contributed by atoms with Crippen molar-refractivity contribution in [1.29, 1.82) is 0 Å². The van der Waals surface area contributed by atoms with Gasteiger partial charge in [-0.2, -0.15) is 0 Å². The van der Waals surface area contributed by atoms with Crippen molar-refractivity contribution in [2.24, 2.45) is 0 Å². The van der Waals surface area contributed by atoms with E-state index in [0.29, 0.717) is 0 Å². The van der Waals surface area contributed by atoms with E-state index in [9.17, 15) is 19.2 Å². The van der Waals surface area contributed by atoms with E-state index in [2.05, 4.69) is 0 Å². The molecule has 0 aromatic carbocycles. The fourth-order valence-electron chi connectivity index (χ4n) is 1.00.